The molecule has 0 radical (unpaired) electrons. The number of nitrogens with zero attached hydrogens (tertiary/aromatic N) is 1. The molecule has 1 aliphatic heterocycles. The maximum Gasteiger partial charge on any atom is 0.259 e. The summed E-state index contributed by atoms with van der Waals surface area (Å²) in [5.74, 6) is -0.0405. The Balaban J connectivity index is 1.83. The van der Waals surface area contributed by atoms with Crippen LogP contribution in [0.4, 0.5) is 0 Å². The third kappa shape index (κ3) is 3.57. The summed E-state index contributed by atoms with van der Waals surface area (Å²) in [7, 11) is 0. The summed E-state index contributed by atoms with van der Waals surface area (Å²) in [5.41, 5.74) is 0.874. The Morgan fingerprint density at radius 3 is 3.04 bits per heavy atom. The molecule has 24 heavy (non-hydrogen) atoms. The van der Waals surface area contributed by atoms with Gasteiger partial charge in [0.15, 0.2) is 4.77 Å². The first-order valence-electron chi connectivity index (χ1n) is 8.25. The van der Waals surface area contributed by atoms with Gasteiger partial charge in [-0.1, -0.05) is 6.92 Å². The van der Waals surface area contributed by atoms with Crippen molar-refractivity contribution in [1.29, 1.82) is 0 Å². The topological polar surface area (TPSA) is 78.2 Å². The highest BCUT2D eigenvalue weighted by Gasteiger charge is 2.25. The quantitative estimate of drug-likeness (QED) is 0.834. The van der Waals surface area contributed by atoms with E-state index in [4.69, 9.17) is 17.0 Å². The van der Waals surface area contributed by atoms with Gasteiger partial charge in [0, 0.05) is 25.3 Å². The van der Waals surface area contributed by atoms with Gasteiger partial charge in [0.05, 0.1) is 17.0 Å². The molecule has 3 rings (SSSR count). The molecule has 2 N–H and O–H groups in total. The first-order chi connectivity index (χ1) is 11.6. The van der Waals surface area contributed by atoms with Gasteiger partial charge in [0.1, 0.15) is 0 Å². The lowest BCUT2D eigenvalue weighted by molar-refractivity contribution is 0.00212. The number of likely N-dealkylation sites (tertiary alicyclic amines) is 1. The monoisotopic (exact) mass is 347 g/mol. The number of aromatic nitrogens is 2. The lowest BCUT2D eigenvalue weighted by Crippen LogP contribution is -2.43. The minimum absolute atomic E-state index is 0.0405. The van der Waals surface area contributed by atoms with Gasteiger partial charge < -0.3 is 14.6 Å². The van der Waals surface area contributed by atoms with Crippen LogP contribution in [0.25, 0.3) is 10.9 Å². The summed E-state index contributed by atoms with van der Waals surface area (Å²) in [6.07, 6.45) is 3.01. The number of piperidine rings is 1. The van der Waals surface area contributed by atoms with Crippen molar-refractivity contribution < 1.29 is 9.53 Å². The number of benzene rings is 1. The Bertz CT molecular complexity index is 858. The van der Waals surface area contributed by atoms with E-state index in [-0.39, 0.29) is 22.3 Å². The Hall–Kier alpha value is -1.99. The fraction of sp³-hybridized carbons (Fsp3) is 0.471. The van der Waals surface area contributed by atoms with Crippen molar-refractivity contribution in [1.82, 2.24) is 14.9 Å². The molecule has 1 atom stereocenters. The van der Waals surface area contributed by atoms with E-state index in [0.717, 1.165) is 32.4 Å². The first-order valence-corrected chi connectivity index (χ1v) is 8.66. The van der Waals surface area contributed by atoms with Gasteiger partial charge >= 0.3 is 0 Å². The summed E-state index contributed by atoms with van der Waals surface area (Å²) in [6.45, 7) is 4.14. The number of hydrogen-bond acceptors (Lipinski definition) is 4. The highest BCUT2D eigenvalue weighted by Crippen LogP contribution is 2.18. The third-order valence-electron chi connectivity index (χ3n) is 4.21. The van der Waals surface area contributed by atoms with Crippen LogP contribution in [0.2, 0.25) is 0 Å². The van der Waals surface area contributed by atoms with Gasteiger partial charge in [-0.2, -0.15) is 0 Å². The second-order valence-electron chi connectivity index (χ2n) is 6.05. The SMILES string of the molecule is CCCO[C@H]1CCCN(C(=O)c2ccc3c(=O)[nH]c(=S)[nH]c3c2)C1. The number of carbonyl (C=O) groups excluding carboxylic acids is 1. The number of ether oxygens (including phenoxy) is 1. The maximum atomic E-state index is 12.8. The maximum absolute atomic E-state index is 12.8. The van der Waals surface area contributed by atoms with E-state index in [1.807, 2.05) is 4.90 Å². The average Bonchev–Trinajstić information content (AvgIpc) is 2.59. The summed E-state index contributed by atoms with van der Waals surface area (Å²) in [6, 6.07) is 5.04. The molecular formula is C17H21N3O3S. The van der Waals surface area contributed by atoms with Crippen molar-refractivity contribution in [3.63, 3.8) is 0 Å². The van der Waals surface area contributed by atoms with Crippen LogP contribution in [-0.2, 0) is 4.74 Å². The zero-order chi connectivity index (χ0) is 17.1. The molecule has 1 fully saturated rings. The largest absolute Gasteiger partial charge is 0.376 e. The fourth-order valence-electron chi connectivity index (χ4n) is 3.03. The van der Waals surface area contributed by atoms with Crippen LogP contribution in [-0.4, -0.2) is 46.6 Å². The normalized spacial score (nSPS) is 18.0. The number of carbonyl (C=O) groups is 1. The molecule has 0 aliphatic carbocycles. The van der Waals surface area contributed by atoms with E-state index in [1.54, 1.807) is 18.2 Å². The second-order valence-corrected chi connectivity index (χ2v) is 6.46. The number of rotatable bonds is 4. The molecule has 1 aromatic carbocycles. The van der Waals surface area contributed by atoms with Crippen LogP contribution in [0, 0.1) is 4.77 Å². The van der Waals surface area contributed by atoms with Crippen molar-refractivity contribution in [3.05, 3.63) is 38.9 Å². The minimum Gasteiger partial charge on any atom is -0.376 e. The van der Waals surface area contributed by atoms with E-state index >= 15 is 0 Å². The molecule has 0 saturated carbocycles. The van der Waals surface area contributed by atoms with Crippen LogP contribution in [0.1, 0.15) is 36.5 Å². The van der Waals surface area contributed by atoms with Crippen molar-refractivity contribution in [2.75, 3.05) is 19.7 Å². The minimum atomic E-state index is -0.251. The molecule has 0 unspecified atom stereocenters. The molecule has 1 amide bonds. The number of nitrogens with one attached hydrogen (secondary N) is 2. The molecule has 2 heterocycles. The molecule has 6 nitrogen and oxygen atoms in total. The molecule has 0 bridgehead atoms. The number of hydrogen-bond donors (Lipinski definition) is 2. The summed E-state index contributed by atoms with van der Waals surface area (Å²) in [4.78, 5) is 31.9. The fourth-order valence-corrected chi connectivity index (χ4v) is 3.23. The zero-order valence-corrected chi connectivity index (χ0v) is 14.4. The Labute approximate surface area is 144 Å². The summed E-state index contributed by atoms with van der Waals surface area (Å²) >= 11 is 4.99. The van der Waals surface area contributed by atoms with Gasteiger partial charge in [-0.15, -0.1) is 0 Å². The molecule has 1 aliphatic rings. The average molecular weight is 347 g/mol. The van der Waals surface area contributed by atoms with E-state index < -0.39 is 0 Å². The first kappa shape index (κ1) is 16.9. The van der Waals surface area contributed by atoms with Crippen LogP contribution < -0.4 is 5.56 Å². The highest BCUT2D eigenvalue weighted by atomic mass is 32.1. The van der Waals surface area contributed by atoms with Gasteiger partial charge in [-0.05, 0) is 49.7 Å². The van der Waals surface area contributed by atoms with E-state index in [9.17, 15) is 9.59 Å². The van der Waals surface area contributed by atoms with Gasteiger partial charge in [-0.3, -0.25) is 14.6 Å². The van der Waals surface area contributed by atoms with Crippen molar-refractivity contribution >= 4 is 29.0 Å². The number of H-pyrrole nitrogens is 2. The molecule has 1 aromatic heterocycles. The Kier molecular flexibility index (Phi) is 5.11. The molecule has 7 heteroatoms. The molecule has 0 spiro atoms. The highest BCUT2D eigenvalue weighted by molar-refractivity contribution is 7.71. The van der Waals surface area contributed by atoms with Gasteiger partial charge in [0.25, 0.3) is 11.5 Å². The Morgan fingerprint density at radius 1 is 1.42 bits per heavy atom. The Morgan fingerprint density at radius 2 is 2.25 bits per heavy atom. The number of fused-ring (bicyclic) bond motifs is 1. The van der Waals surface area contributed by atoms with Crippen molar-refractivity contribution in [2.24, 2.45) is 0 Å². The smallest absolute Gasteiger partial charge is 0.259 e. The molecular weight excluding hydrogens is 326 g/mol. The number of aromatic amines is 2. The zero-order valence-electron chi connectivity index (χ0n) is 13.6. The second kappa shape index (κ2) is 7.27. The van der Waals surface area contributed by atoms with Crippen LogP contribution >= 0.6 is 12.2 Å². The van der Waals surface area contributed by atoms with E-state index in [0.29, 0.717) is 23.0 Å². The van der Waals surface area contributed by atoms with Crippen LogP contribution in [0.15, 0.2) is 23.0 Å². The van der Waals surface area contributed by atoms with Crippen molar-refractivity contribution in [2.45, 2.75) is 32.3 Å². The third-order valence-corrected chi connectivity index (χ3v) is 4.41. The lowest BCUT2D eigenvalue weighted by atomic mass is 10.1. The van der Waals surface area contributed by atoms with Crippen LogP contribution in [0.5, 0.6) is 0 Å². The summed E-state index contributed by atoms with van der Waals surface area (Å²) < 4.78 is 6.04. The predicted octanol–water partition coefficient (Wildman–Crippen LogP) is 2.62. The molecule has 2 aromatic rings. The van der Waals surface area contributed by atoms with E-state index in [2.05, 4.69) is 16.9 Å². The van der Waals surface area contributed by atoms with Gasteiger partial charge in [-0.25, -0.2) is 0 Å². The lowest BCUT2D eigenvalue weighted by Gasteiger charge is -2.32. The predicted molar refractivity (Wildman–Crippen MR) is 94.9 cm³/mol. The standard InChI is InChI=1S/C17H21N3O3S/c1-2-8-23-12-4-3-7-20(10-12)16(22)11-5-6-13-14(9-11)18-17(24)19-15(13)21/h5-6,9,12H,2-4,7-8,10H2,1H3,(H2,18,19,21,24)/t12-/m0/s1. The molecule has 1 saturated heterocycles. The summed E-state index contributed by atoms with van der Waals surface area (Å²) in [5, 5.41) is 0.489. The van der Waals surface area contributed by atoms with Crippen LogP contribution in [0.3, 0.4) is 0 Å². The number of amides is 1. The van der Waals surface area contributed by atoms with Crippen molar-refractivity contribution in [3.8, 4) is 0 Å². The van der Waals surface area contributed by atoms with E-state index in [1.165, 1.54) is 0 Å². The van der Waals surface area contributed by atoms with Gasteiger partial charge in [0.2, 0.25) is 0 Å². The molecule has 128 valence electrons.